The van der Waals surface area contributed by atoms with Crippen LogP contribution in [0, 0.1) is 13.8 Å². The first-order valence-corrected chi connectivity index (χ1v) is 6.05. The summed E-state index contributed by atoms with van der Waals surface area (Å²) < 4.78 is 5.00. The zero-order chi connectivity index (χ0) is 14.0. The lowest BCUT2D eigenvalue weighted by Crippen LogP contribution is -2.23. The Bertz CT molecular complexity index is 603. The van der Waals surface area contributed by atoms with E-state index in [1.54, 1.807) is 19.9 Å². The van der Waals surface area contributed by atoms with Crippen molar-refractivity contribution in [1.82, 2.24) is 10.5 Å². The molecule has 0 fully saturated rings. The van der Waals surface area contributed by atoms with E-state index < -0.39 is 0 Å². The molecule has 19 heavy (non-hydrogen) atoms. The molecule has 100 valence electrons. The Morgan fingerprint density at radius 1 is 1.47 bits per heavy atom. The Labute approximate surface area is 115 Å². The molecule has 2 N–H and O–H groups in total. The summed E-state index contributed by atoms with van der Waals surface area (Å²) >= 11 is 5.71. The highest BCUT2D eigenvalue weighted by Gasteiger charge is 2.14. The summed E-state index contributed by atoms with van der Waals surface area (Å²) in [6, 6.07) is 4.35. The summed E-state index contributed by atoms with van der Waals surface area (Å²) in [5, 5.41) is 16.5. The third-order valence-electron chi connectivity index (χ3n) is 2.81. The molecule has 0 bridgehead atoms. The maximum Gasteiger partial charge on any atom is 0.255 e. The van der Waals surface area contributed by atoms with Crippen molar-refractivity contribution in [3.05, 3.63) is 45.8 Å². The first-order chi connectivity index (χ1) is 8.99. The van der Waals surface area contributed by atoms with Crippen LogP contribution in [0.3, 0.4) is 0 Å². The van der Waals surface area contributed by atoms with Gasteiger partial charge in [0.1, 0.15) is 11.5 Å². The summed E-state index contributed by atoms with van der Waals surface area (Å²) in [4.78, 5) is 11.9. The highest BCUT2D eigenvalue weighted by molar-refractivity contribution is 6.30. The van der Waals surface area contributed by atoms with Crippen molar-refractivity contribution in [1.29, 1.82) is 0 Å². The van der Waals surface area contributed by atoms with Crippen LogP contribution in [0.15, 0.2) is 22.7 Å². The molecule has 0 aliphatic rings. The number of phenolic OH excluding ortho intramolecular Hbond substituents is 1. The van der Waals surface area contributed by atoms with Crippen LogP contribution in [0.25, 0.3) is 0 Å². The van der Waals surface area contributed by atoms with Crippen molar-refractivity contribution in [2.24, 2.45) is 0 Å². The number of aryl methyl sites for hydroxylation is 2. The predicted molar refractivity (Wildman–Crippen MR) is 70.3 cm³/mol. The zero-order valence-corrected chi connectivity index (χ0v) is 11.3. The van der Waals surface area contributed by atoms with Gasteiger partial charge in [-0.05, 0) is 32.0 Å². The van der Waals surface area contributed by atoms with Crippen LogP contribution in [-0.4, -0.2) is 16.2 Å². The number of hydrogen-bond acceptors (Lipinski definition) is 4. The molecule has 6 heteroatoms. The van der Waals surface area contributed by atoms with E-state index >= 15 is 0 Å². The van der Waals surface area contributed by atoms with Crippen molar-refractivity contribution in [2.45, 2.75) is 20.4 Å². The van der Waals surface area contributed by atoms with Gasteiger partial charge in [0.2, 0.25) is 0 Å². The molecule has 0 saturated heterocycles. The Morgan fingerprint density at radius 2 is 2.21 bits per heavy atom. The van der Waals surface area contributed by atoms with Gasteiger partial charge in [-0.3, -0.25) is 4.79 Å². The van der Waals surface area contributed by atoms with Gasteiger partial charge in [0, 0.05) is 17.1 Å². The molecule has 0 radical (unpaired) electrons. The maximum atomic E-state index is 11.9. The normalized spacial score (nSPS) is 10.5. The van der Waals surface area contributed by atoms with Crippen LogP contribution in [0.4, 0.5) is 0 Å². The van der Waals surface area contributed by atoms with Crippen molar-refractivity contribution < 1.29 is 14.4 Å². The molecular formula is C13H13ClN2O3. The van der Waals surface area contributed by atoms with Crippen LogP contribution in [0.5, 0.6) is 5.75 Å². The summed E-state index contributed by atoms with van der Waals surface area (Å²) in [6.45, 7) is 3.88. The minimum absolute atomic E-state index is 0.149. The number of phenols is 1. The molecule has 0 saturated carbocycles. The fourth-order valence-electron chi connectivity index (χ4n) is 1.71. The van der Waals surface area contributed by atoms with E-state index in [4.69, 9.17) is 16.1 Å². The lowest BCUT2D eigenvalue weighted by Gasteiger charge is -2.06. The molecule has 1 heterocycles. The smallest absolute Gasteiger partial charge is 0.255 e. The van der Waals surface area contributed by atoms with E-state index in [0.29, 0.717) is 17.3 Å². The number of halogens is 1. The summed E-state index contributed by atoms with van der Waals surface area (Å²) in [5.74, 6) is 0.135. The second kappa shape index (κ2) is 5.32. The predicted octanol–water partition coefficient (Wildman–Crippen LogP) is 2.58. The number of aromatic nitrogens is 1. The minimum Gasteiger partial charge on any atom is -0.507 e. The number of nitrogens with zero attached hydrogens (tertiary/aromatic N) is 1. The van der Waals surface area contributed by atoms with Crippen LogP contribution in [-0.2, 0) is 6.54 Å². The standard InChI is InChI=1S/C13H13ClN2O3/c1-7-11(8(2)19-16-7)6-15-13(18)10-4-3-9(14)5-12(10)17/h3-5,17H,6H2,1-2H3,(H,15,18). The topological polar surface area (TPSA) is 75.4 Å². The van der Waals surface area contributed by atoms with Gasteiger partial charge >= 0.3 is 0 Å². The summed E-state index contributed by atoms with van der Waals surface area (Å²) in [5.41, 5.74) is 1.75. The molecule has 0 aliphatic heterocycles. The fraction of sp³-hybridized carbons (Fsp3) is 0.231. The lowest BCUT2D eigenvalue weighted by atomic mass is 10.1. The highest BCUT2D eigenvalue weighted by Crippen LogP contribution is 2.22. The van der Waals surface area contributed by atoms with E-state index in [9.17, 15) is 9.90 Å². The van der Waals surface area contributed by atoms with Crippen molar-refractivity contribution in [3.63, 3.8) is 0 Å². The Balaban J connectivity index is 2.10. The third kappa shape index (κ3) is 2.88. The lowest BCUT2D eigenvalue weighted by molar-refractivity contribution is 0.0948. The average molecular weight is 281 g/mol. The molecule has 1 aromatic carbocycles. The SMILES string of the molecule is Cc1noc(C)c1CNC(=O)c1ccc(Cl)cc1O. The number of benzene rings is 1. The van der Waals surface area contributed by atoms with E-state index in [2.05, 4.69) is 10.5 Å². The summed E-state index contributed by atoms with van der Waals surface area (Å²) in [6.07, 6.45) is 0. The van der Waals surface area contributed by atoms with Gasteiger partial charge in [0.15, 0.2) is 0 Å². The number of hydrogen-bond donors (Lipinski definition) is 2. The van der Waals surface area contributed by atoms with E-state index in [-0.39, 0.29) is 17.2 Å². The Morgan fingerprint density at radius 3 is 2.79 bits per heavy atom. The molecule has 0 spiro atoms. The molecule has 0 unspecified atom stereocenters. The second-order valence-electron chi connectivity index (χ2n) is 4.15. The number of amides is 1. The van der Waals surface area contributed by atoms with Gasteiger partial charge in [-0.25, -0.2) is 0 Å². The molecule has 0 atom stereocenters. The van der Waals surface area contributed by atoms with Gasteiger partial charge < -0.3 is 14.9 Å². The van der Waals surface area contributed by atoms with Crippen molar-refractivity contribution >= 4 is 17.5 Å². The largest absolute Gasteiger partial charge is 0.507 e. The molecule has 2 aromatic rings. The van der Waals surface area contributed by atoms with Gasteiger partial charge in [0.25, 0.3) is 5.91 Å². The van der Waals surface area contributed by atoms with Gasteiger partial charge in [-0.15, -0.1) is 0 Å². The van der Waals surface area contributed by atoms with Crippen LogP contribution in [0.2, 0.25) is 5.02 Å². The zero-order valence-electron chi connectivity index (χ0n) is 10.5. The fourth-order valence-corrected chi connectivity index (χ4v) is 1.88. The quantitative estimate of drug-likeness (QED) is 0.906. The van der Waals surface area contributed by atoms with Gasteiger partial charge in [0.05, 0.1) is 11.3 Å². The first kappa shape index (κ1) is 13.4. The Kier molecular flexibility index (Phi) is 3.76. The highest BCUT2D eigenvalue weighted by atomic mass is 35.5. The molecular weight excluding hydrogens is 268 g/mol. The number of nitrogens with one attached hydrogen (secondary N) is 1. The van der Waals surface area contributed by atoms with Gasteiger partial charge in [-0.1, -0.05) is 16.8 Å². The molecule has 5 nitrogen and oxygen atoms in total. The first-order valence-electron chi connectivity index (χ1n) is 5.67. The van der Waals surface area contributed by atoms with Crippen LogP contribution in [0.1, 0.15) is 27.4 Å². The number of carbonyl (C=O) groups is 1. The molecule has 1 aromatic heterocycles. The molecule has 2 rings (SSSR count). The maximum absolute atomic E-state index is 11.9. The van der Waals surface area contributed by atoms with E-state index in [1.165, 1.54) is 12.1 Å². The molecule has 0 aliphatic carbocycles. The van der Waals surface area contributed by atoms with Crippen LogP contribution >= 0.6 is 11.6 Å². The van der Waals surface area contributed by atoms with E-state index in [1.807, 2.05) is 0 Å². The summed E-state index contributed by atoms with van der Waals surface area (Å²) in [7, 11) is 0. The monoisotopic (exact) mass is 280 g/mol. The second-order valence-corrected chi connectivity index (χ2v) is 4.58. The number of carbonyl (C=O) groups excluding carboxylic acids is 1. The third-order valence-corrected chi connectivity index (χ3v) is 3.05. The van der Waals surface area contributed by atoms with Crippen molar-refractivity contribution in [3.8, 4) is 5.75 Å². The molecule has 1 amide bonds. The Hall–Kier alpha value is -2.01. The van der Waals surface area contributed by atoms with Gasteiger partial charge in [-0.2, -0.15) is 0 Å². The average Bonchev–Trinajstić information content (AvgIpc) is 2.66. The number of aromatic hydroxyl groups is 1. The van der Waals surface area contributed by atoms with Crippen LogP contribution < -0.4 is 5.32 Å². The van der Waals surface area contributed by atoms with Crippen molar-refractivity contribution in [2.75, 3.05) is 0 Å². The number of rotatable bonds is 3. The van der Waals surface area contributed by atoms with E-state index in [0.717, 1.165) is 11.3 Å². The minimum atomic E-state index is -0.380.